The van der Waals surface area contributed by atoms with E-state index in [2.05, 4.69) is 15.5 Å². The molecule has 134 valence electrons. The lowest BCUT2D eigenvalue weighted by molar-refractivity contribution is -0.120. The maximum atomic E-state index is 11.9. The fraction of sp³-hybridized carbons (Fsp3) is 0.588. The highest BCUT2D eigenvalue weighted by atomic mass is 16.5. The highest BCUT2D eigenvalue weighted by molar-refractivity contribution is 5.76. The normalized spacial score (nSPS) is 14.9. The van der Waals surface area contributed by atoms with E-state index in [1.807, 2.05) is 18.2 Å². The van der Waals surface area contributed by atoms with E-state index in [0.29, 0.717) is 19.5 Å². The Morgan fingerprint density at radius 2 is 2.00 bits per heavy atom. The second kappa shape index (κ2) is 10.00. The Bertz CT molecular complexity index is 519. The van der Waals surface area contributed by atoms with Gasteiger partial charge in [-0.1, -0.05) is 0 Å². The van der Waals surface area contributed by atoms with E-state index in [1.54, 1.807) is 14.2 Å². The Hall–Kier alpha value is -1.99. The van der Waals surface area contributed by atoms with E-state index >= 15 is 0 Å². The van der Waals surface area contributed by atoms with Crippen molar-refractivity contribution in [2.45, 2.75) is 6.42 Å². The summed E-state index contributed by atoms with van der Waals surface area (Å²) in [7, 11) is 3.23. The third-order valence-electron chi connectivity index (χ3n) is 3.93. The van der Waals surface area contributed by atoms with Crippen LogP contribution in [0.25, 0.3) is 0 Å². The van der Waals surface area contributed by atoms with Crippen LogP contribution in [0.4, 0.5) is 5.69 Å². The lowest BCUT2D eigenvalue weighted by Crippen LogP contribution is -2.41. The fourth-order valence-corrected chi connectivity index (χ4v) is 2.53. The molecule has 7 heteroatoms. The molecule has 0 unspecified atom stereocenters. The number of carbonyl (C=O) groups is 1. The van der Waals surface area contributed by atoms with Gasteiger partial charge in [0.05, 0.1) is 33.1 Å². The first-order chi connectivity index (χ1) is 11.7. The molecule has 24 heavy (non-hydrogen) atoms. The highest BCUT2D eigenvalue weighted by Gasteiger charge is 2.10. The van der Waals surface area contributed by atoms with Crippen molar-refractivity contribution in [3.63, 3.8) is 0 Å². The summed E-state index contributed by atoms with van der Waals surface area (Å²) in [5, 5.41) is 6.17. The van der Waals surface area contributed by atoms with Gasteiger partial charge >= 0.3 is 0 Å². The lowest BCUT2D eigenvalue weighted by Gasteiger charge is -2.26. The minimum Gasteiger partial charge on any atom is -0.497 e. The van der Waals surface area contributed by atoms with Gasteiger partial charge in [-0.3, -0.25) is 9.69 Å². The molecule has 2 rings (SSSR count). The van der Waals surface area contributed by atoms with Crippen molar-refractivity contribution >= 4 is 11.6 Å². The molecule has 0 atom stereocenters. The van der Waals surface area contributed by atoms with E-state index in [1.165, 1.54) is 0 Å². The number of rotatable bonds is 9. The summed E-state index contributed by atoms with van der Waals surface area (Å²) in [6.45, 7) is 5.50. The summed E-state index contributed by atoms with van der Waals surface area (Å²) in [6.07, 6.45) is 0.406. The number of anilines is 1. The zero-order valence-corrected chi connectivity index (χ0v) is 14.5. The standard InChI is InChI=1S/C17H27N3O4/c1-22-14-3-4-16(23-2)15(13-14)18-6-5-17(21)19-7-8-20-9-11-24-12-10-20/h3-4,13,18H,5-12H2,1-2H3,(H,19,21). The van der Waals surface area contributed by atoms with E-state index in [0.717, 1.165) is 50.0 Å². The maximum Gasteiger partial charge on any atom is 0.221 e. The maximum absolute atomic E-state index is 11.9. The second-order valence-corrected chi connectivity index (χ2v) is 5.55. The van der Waals surface area contributed by atoms with E-state index in [4.69, 9.17) is 14.2 Å². The molecule has 0 bridgehead atoms. The molecule has 1 fully saturated rings. The number of ether oxygens (including phenoxy) is 3. The summed E-state index contributed by atoms with van der Waals surface area (Å²) < 4.78 is 15.8. The number of hydrogen-bond acceptors (Lipinski definition) is 6. The molecule has 1 saturated heterocycles. The number of methoxy groups -OCH3 is 2. The Labute approximate surface area is 143 Å². The van der Waals surface area contributed by atoms with Crippen molar-refractivity contribution in [3.05, 3.63) is 18.2 Å². The predicted molar refractivity (Wildman–Crippen MR) is 92.9 cm³/mol. The first-order valence-electron chi connectivity index (χ1n) is 8.25. The van der Waals surface area contributed by atoms with Crippen molar-refractivity contribution in [1.82, 2.24) is 10.2 Å². The van der Waals surface area contributed by atoms with Gasteiger partial charge in [0.1, 0.15) is 11.5 Å². The van der Waals surface area contributed by atoms with Crippen LogP contribution < -0.4 is 20.1 Å². The zero-order valence-electron chi connectivity index (χ0n) is 14.5. The average molecular weight is 337 g/mol. The molecule has 1 amide bonds. The molecule has 7 nitrogen and oxygen atoms in total. The molecule has 2 N–H and O–H groups in total. The van der Waals surface area contributed by atoms with Gasteiger partial charge in [-0.05, 0) is 12.1 Å². The largest absolute Gasteiger partial charge is 0.497 e. The van der Waals surface area contributed by atoms with E-state index in [-0.39, 0.29) is 5.91 Å². The van der Waals surface area contributed by atoms with Gasteiger partial charge in [0.15, 0.2) is 0 Å². The van der Waals surface area contributed by atoms with Crippen LogP contribution in [0.1, 0.15) is 6.42 Å². The molecule has 1 aromatic rings. The van der Waals surface area contributed by atoms with Crippen LogP contribution in [-0.4, -0.2) is 71.0 Å². The van der Waals surface area contributed by atoms with Crippen molar-refractivity contribution in [2.24, 2.45) is 0 Å². The van der Waals surface area contributed by atoms with E-state index < -0.39 is 0 Å². The number of carbonyl (C=O) groups excluding carboxylic acids is 1. The first kappa shape index (κ1) is 18.4. The smallest absolute Gasteiger partial charge is 0.221 e. The van der Waals surface area contributed by atoms with Gasteiger partial charge in [-0.25, -0.2) is 0 Å². The molecule has 0 aromatic heterocycles. The molecule has 0 spiro atoms. The molecule has 1 aromatic carbocycles. The molecule has 1 aliphatic rings. The van der Waals surface area contributed by atoms with Crippen LogP contribution in [0.2, 0.25) is 0 Å². The number of morpholine rings is 1. The zero-order chi connectivity index (χ0) is 17.2. The topological polar surface area (TPSA) is 72.1 Å². The van der Waals surface area contributed by atoms with Crippen molar-refractivity contribution in [3.8, 4) is 11.5 Å². The lowest BCUT2D eigenvalue weighted by atomic mass is 10.2. The Kier molecular flexibility index (Phi) is 7.64. The number of nitrogens with one attached hydrogen (secondary N) is 2. The van der Waals surface area contributed by atoms with Gasteiger partial charge < -0.3 is 24.8 Å². The fourth-order valence-electron chi connectivity index (χ4n) is 2.53. The molecule has 1 aliphatic heterocycles. The van der Waals surface area contributed by atoms with Crippen LogP contribution >= 0.6 is 0 Å². The van der Waals surface area contributed by atoms with Gasteiger partial charge in [0.25, 0.3) is 0 Å². The Morgan fingerprint density at radius 1 is 1.21 bits per heavy atom. The molecule has 0 saturated carbocycles. The van der Waals surface area contributed by atoms with Crippen LogP contribution in [0, 0.1) is 0 Å². The third-order valence-corrected chi connectivity index (χ3v) is 3.93. The van der Waals surface area contributed by atoms with Crippen molar-refractivity contribution in [1.29, 1.82) is 0 Å². The molecule has 0 radical (unpaired) electrons. The quantitative estimate of drug-likeness (QED) is 0.699. The first-order valence-corrected chi connectivity index (χ1v) is 8.25. The molecule has 1 heterocycles. The van der Waals surface area contributed by atoms with Gasteiger partial charge in [-0.15, -0.1) is 0 Å². The SMILES string of the molecule is COc1ccc(OC)c(NCCC(=O)NCCN2CCOCC2)c1. The molecule has 0 aliphatic carbocycles. The summed E-state index contributed by atoms with van der Waals surface area (Å²) in [5.41, 5.74) is 0.818. The number of nitrogens with zero attached hydrogens (tertiary/aromatic N) is 1. The second-order valence-electron chi connectivity index (χ2n) is 5.55. The molecular formula is C17H27N3O4. The Balaban J connectivity index is 1.66. The molecular weight excluding hydrogens is 310 g/mol. The van der Waals surface area contributed by atoms with Crippen LogP contribution in [-0.2, 0) is 9.53 Å². The van der Waals surface area contributed by atoms with Gasteiger partial charge in [0.2, 0.25) is 5.91 Å². The van der Waals surface area contributed by atoms with E-state index in [9.17, 15) is 4.79 Å². The summed E-state index contributed by atoms with van der Waals surface area (Å²) in [4.78, 5) is 14.2. The summed E-state index contributed by atoms with van der Waals surface area (Å²) in [5.74, 6) is 1.51. The average Bonchev–Trinajstić information content (AvgIpc) is 2.62. The minimum absolute atomic E-state index is 0.0395. The number of amides is 1. The van der Waals surface area contributed by atoms with Crippen LogP contribution in [0.3, 0.4) is 0 Å². The monoisotopic (exact) mass is 337 g/mol. The third kappa shape index (κ3) is 5.90. The summed E-state index contributed by atoms with van der Waals surface area (Å²) in [6, 6.07) is 5.53. The Morgan fingerprint density at radius 3 is 2.71 bits per heavy atom. The van der Waals surface area contributed by atoms with Gasteiger partial charge in [0, 0.05) is 45.2 Å². The minimum atomic E-state index is 0.0395. The van der Waals surface area contributed by atoms with Gasteiger partial charge in [-0.2, -0.15) is 0 Å². The van der Waals surface area contributed by atoms with Crippen LogP contribution in [0.5, 0.6) is 11.5 Å². The van der Waals surface area contributed by atoms with Crippen molar-refractivity contribution < 1.29 is 19.0 Å². The number of hydrogen-bond donors (Lipinski definition) is 2. The number of benzene rings is 1. The predicted octanol–water partition coefficient (Wildman–Crippen LogP) is 0.954. The highest BCUT2D eigenvalue weighted by Crippen LogP contribution is 2.28. The summed E-state index contributed by atoms with van der Waals surface area (Å²) >= 11 is 0. The van der Waals surface area contributed by atoms with Crippen LogP contribution in [0.15, 0.2) is 18.2 Å². The van der Waals surface area contributed by atoms with Crippen molar-refractivity contribution in [2.75, 3.05) is 65.5 Å².